The van der Waals surface area contributed by atoms with Crippen LogP contribution in [-0.2, 0) is 10.0 Å². The van der Waals surface area contributed by atoms with Gasteiger partial charge in [-0.15, -0.1) is 0 Å². The third kappa shape index (κ3) is 3.94. The number of rotatable bonds is 5. The molecule has 6 nitrogen and oxygen atoms in total. The van der Waals surface area contributed by atoms with E-state index in [1.807, 2.05) is 0 Å². The zero-order valence-electron chi connectivity index (χ0n) is 13.2. The fourth-order valence-corrected chi connectivity index (χ4v) is 3.28. The van der Waals surface area contributed by atoms with Crippen LogP contribution in [0.5, 0.6) is 0 Å². The lowest BCUT2D eigenvalue weighted by molar-refractivity contribution is 0.102. The predicted molar refractivity (Wildman–Crippen MR) is 88.7 cm³/mol. The number of nitrogens with zero attached hydrogens (tertiary/aromatic N) is 2. The molecule has 7 heteroatoms. The van der Waals surface area contributed by atoms with Crippen LogP contribution in [0.4, 0.5) is 5.82 Å². The number of carbonyl (C=O) groups is 1. The Labute approximate surface area is 136 Å². The minimum Gasteiger partial charge on any atom is -0.307 e. The van der Waals surface area contributed by atoms with E-state index in [1.54, 1.807) is 50.4 Å². The summed E-state index contributed by atoms with van der Waals surface area (Å²) in [6, 6.07) is 10.9. The molecule has 2 rings (SSSR count). The standard InChI is InChI=1S/C16H19N3O3S/c1-12(2)19(3)23(21,22)14-8-6-7-13(11-14)16(20)18-15-9-4-5-10-17-15/h4-12H,1-3H3,(H,17,18,20). The van der Waals surface area contributed by atoms with Gasteiger partial charge in [-0.25, -0.2) is 13.4 Å². The van der Waals surface area contributed by atoms with Crippen molar-refractivity contribution >= 4 is 21.7 Å². The molecule has 0 aliphatic carbocycles. The van der Waals surface area contributed by atoms with Crippen molar-refractivity contribution in [3.8, 4) is 0 Å². The van der Waals surface area contributed by atoms with E-state index in [4.69, 9.17) is 0 Å². The number of nitrogens with one attached hydrogen (secondary N) is 1. The number of amides is 1. The molecule has 1 aromatic carbocycles. The Morgan fingerprint density at radius 3 is 2.52 bits per heavy atom. The lowest BCUT2D eigenvalue weighted by Crippen LogP contribution is -2.33. The summed E-state index contributed by atoms with van der Waals surface area (Å²) < 4.78 is 26.2. The Hall–Kier alpha value is -2.25. The van der Waals surface area contributed by atoms with E-state index in [0.717, 1.165) is 0 Å². The van der Waals surface area contributed by atoms with Gasteiger partial charge in [0, 0.05) is 24.8 Å². The Kier molecular flexibility index (Phi) is 5.12. The minimum absolute atomic E-state index is 0.0855. The summed E-state index contributed by atoms with van der Waals surface area (Å²) in [4.78, 5) is 16.3. The van der Waals surface area contributed by atoms with Crippen molar-refractivity contribution < 1.29 is 13.2 Å². The first-order valence-electron chi connectivity index (χ1n) is 7.13. The highest BCUT2D eigenvalue weighted by molar-refractivity contribution is 7.89. The molecule has 0 atom stereocenters. The summed E-state index contributed by atoms with van der Waals surface area (Å²) in [6.45, 7) is 3.57. The Balaban J connectivity index is 2.28. The first kappa shape index (κ1) is 17.1. The van der Waals surface area contributed by atoms with E-state index < -0.39 is 15.9 Å². The normalized spacial score (nSPS) is 11.7. The number of anilines is 1. The molecule has 0 fully saturated rings. The van der Waals surface area contributed by atoms with Crippen molar-refractivity contribution in [2.24, 2.45) is 0 Å². The lowest BCUT2D eigenvalue weighted by atomic mass is 10.2. The maximum absolute atomic E-state index is 12.5. The maximum atomic E-state index is 12.5. The van der Waals surface area contributed by atoms with Gasteiger partial charge in [0.25, 0.3) is 5.91 Å². The Morgan fingerprint density at radius 1 is 1.17 bits per heavy atom. The molecule has 23 heavy (non-hydrogen) atoms. The summed E-state index contributed by atoms with van der Waals surface area (Å²) >= 11 is 0. The summed E-state index contributed by atoms with van der Waals surface area (Å²) in [5, 5.41) is 2.63. The zero-order chi connectivity index (χ0) is 17.0. The second kappa shape index (κ2) is 6.89. The molecular weight excluding hydrogens is 314 g/mol. The van der Waals surface area contributed by atoms with Crippen LogP contribution >= 0.6 is 0 Å². The highest BCUT2D eigenvalue weighted by Crippen LogP contribution is 2.18. The molecule has 0 saturated heterocycles. The molecule has 1 aromatic heterocycles. The van der Waals surface area contributed by atoms with Gasteiger partial charge in [0.15, 0.2) is 0 Å². The van der Waals surface area contributed by atoms with Crippen molar-refractivity contribution in [3.05, 3.63) is 54.2 Å². The molecule has 0 aliphatic heterocycles. The Bertz CT molecular complexity index is 789. The SMILES string of the molecule is CC(C)N(C)S(=O)(=O)c1cccc(C(=O)Nc2ccccn2)c1. The summed E-state index contributed by atoms with van der Waals surface area (Å²) in [7, 11) is -2.11. The fraction of sp³-hybridized carbons (Fsp3) is 0.250. The van der Waals surface area contributed by atoms with E-state index in [-0.39, 0.29) is 16.5 Å². The number of pyridine rings is 1. The van der Waals surface area contributed by atoms with Crippen LogP contribution in [0, 0.1) is 0 Å². The van der Waals surface area contributed by atoms with Crippen molar-refractivity contribution in [3.63, 3.8) is 0 Å². The van der Waals surface area contributed by atoms with E-state index in [9.17, 15) is 13.2 Å². The van der Waals surface area contributed by atoms with Crippen molar-refractivity contribution in [2.75, 3.05) is 12.4 Å². The van der Waals surface area contributed by atoms with Crippen molar-refractivity contribution in [2.45, 2.75) is 24.8 Å². The molecule has 0 saturated carbocycles. The Morgan fingerprint density at radius 2 is 1.91 bits per heavy atom. The van der Waals surface area contributed by atoms with Gasteiger partial charge in [-0.05, 0) is 44.2 Å². The van der Waals surface area contributed by atoms with Crippen LogP contribution in [0.25, 0.3) is 0 Å². The van der Waals surface area contributed by atoms with Gasteiger partial charge in [0.05, 0.1) is 4.90 Å². The summed E-state index contributed by atoms with van der Waals surface area (Å²) in [6.07, 6.45) is 1.56. The fourth-order valence-electron chi connectivity index (χ4n) is 1.87. The largest absolute Gasteiger partial charge is 0.307 e. The average Bonchev–Trinajstić information content (AvgIpc) is 2.55. The topological polar surface area (TPSA) is 79.4 Å². The van der Waals surface area contributed by atoms with Gasteiger partial charge in [-0.3, -0.25) is 4.79 Å². The predicted octanol–water partition coefficient (Wildman–Crippen LogP) is 2.36. The molecule has 0 bridgehead atoms. The average molecular weight is 333 g/mol. The number of hydrogen-bond donors (Lipinski definition) is 1. The first-order valence-corrected chi connectivity index (χ1v) is 8.57. The monoisotopic (exact) mass is 333 g/mol. The first-order chi connectivity index (χ1) is 10.8. The lowest BCUT2D eigenvalue weighted by Gasteiger charge is -2.21. The highest BCUT2D eigenvalue weighted by atomic mass is 32.2. The molecular formula is C16H19N3O3S. The zero-order valence-corrected chi connectivity index (χ0v) is 14.0. The van der Waals surface area contributed by atoms with Gasteiger partial charge in [-0.1, -0.05) is 12.1 Å². The molecule has 1 N–H and O–H groups in total. The second-order valence-corrected chi connectivity index (χ2v) is 7.31. The number of aromatic nitrogens is 1. The molecule has 0 spiro atoms. The van der Waals surface area contributed by atoms with Gasteiger partial charge >= 0.3 is 0 Å². The van der Waals surface area contributed by atoms with E-state index >= 15 is 0 Å². The van der Waals surface area contributed by atoms with Crippen molar-refractivity contribution in [1.82, 2.24) is 9.29 Å². The van der Waals surface area contributed by atoms with E-state index in [1.165, 1.54) is 23.5 Å². The van der Waals surface area contributed by atoms with Crippen LogP contribution < -0.4 is 5.32 Å². The smallest absolute Gasteiger partial charge is 0.256 e. The van der Waals surface area contributed by atoms with Crippen LogP contribution in [0.15, 0.2) is 53.6 Å². The van der Waals surface area contributed by atoms with Crippen LogP contribution in [0.1, 0.15) is 24.2 Å². The number of hydrogen-bond acceptors (Lipinski definition) is 4. The van der Waals surface area contributed by atoms with E-state index in [2.05, 4.69) is 10.3 Å². The molecule has 1 heterocycles. The molecule has 0 unspecified atom stereocenters. The molecule has 0 aliphatic rings. The summed E-state index contributed by atoms with van der Waals surface area (Å²) in [5.74, 6) is -0.00184. The quantitative estimate of drug-likeness (QED) is 0.911. The van der Waals surface area contributed by atoms with Crippen LogP contribution in [-0.4, -0.2) is 36.7 Å². The van der Waals surface area contributed by atoms with E-state index in [0.29, 0.717) is 5.82 Å². The summed E-state index contributed by atoms with van der Waals surface area (Å²) in [5.41, 5.74) is 0.258. The third-order valence-electron chi connectivity index (χ3n) is 3.41. The van der Waals surface area contributed by atoms with Gasteiger partial charge in [0.2, 0.25) is 10.0 Å². The third-order valence-corrected chi connectivity index (χ3v) is 5.44. The second-order valence-electron chi connectivity index (χ2n) is 5.31. The van der Waals surface area contributed by atoms with Crippen LogP contribution in [0.2, 0.25) is 0 Å². The number of carbonyl (C=O) groups excluding carboxylic acids is 1. The molecule has 2 aromatic rings. The minimum atomic E-state index is -3.63. The maximum Gasteiger partial charge on any atom is 0.256 e. The number of sulfonamides is 1. The molecule has 0 radical (unpaired) electrons. The van der Waals surface area contributed by atoms with Gasteiger partial charge < -0.3 is 5.32 Å². The van der Waals surface area contributed by atoms with Crippen LogP contribution in [0.3, 0.4) is 0 Å². The van der Waals surface area contributed by atoms with Gasteiger partial charge in [-0.2, -0.15) is 4.31 Å². The highest BCUT2D eigenvalue weighted by Gasteiger charge is 2.23. The van der Waals surface area contributed by atoms with Gasteiger partial charge in [0.1, 0.15) is 5.82 Å². The van der Waals surface area contributed by atoms with Crippen molar-refractivity contribution in [1.29, 1.82) is 0 Å². The number of benzene rings is 1. The molecule has 1 amide bonds. The molecule has 122 valence electrons.